The fourth-order valence-electron chi connectivity index (χ4n) is 0.936. The second-order valence-corrected chi connectivity index (χ2v) is 4.72. The Bertz CT molecular complexity index is 161. The van der Waals surface area contributed by atoms with E-state index in [0.29, 0.717) is 0 Å². The minimum absolute atomic E-state index is 0.819. The molecule has 0 amide bonds. The summed E-state index contributed by atoms with van der Waals surface area (Å²) >= 11 is 0. The Kier molecular flexibility index (Phi) is 8.45. The third kappa shape index (κ3) is 4.51. The molecule has 0 fully saturated rings. The summed E-state index contributed by atoms with van der Waals surface area (Å²) in [4.78, 5) is 6.99. The van der Waals surface area contributed by atoms with Crippen LogP contribution in [-0.4, -0.2) is 10.1 Å². The maximum absolute atomic E-state index is 8.46. The highest BCUT2D eigenvalue weighted by Crippen LogP contribution is 2.42. The van der Waals surface area contributed by atoms with E-state index in [4.69, 9.17) is 9.46 Å². The highest BCUT2D eigenvalue weighted by atomic mass is 33.1. The Hall–Kier alpha value is 0.500. The lowest BCUT2D eigenvalue weighted by Gasteiger charge is -2.06. The van der Waals surface area contributed by atoms with E-state index in [2.05, 4.69) is 19.3 Å². The quantitative estimate of drug-likeness (QED) is 0.574. The molecule has 1 heterocycles. The van der Waals surface area contributed by atoms with Gasteiger partial charge < -0.3 is 4.89 Å². The zero-order valence-electron chi connectivity index (χ0n) is 7.19. The monoisotopic (exact) mass is 224 g/mol. The lowest BCUT2D eigenvalue weighted by Crippen LogP contribution is -1.98. The molecule has 0 aromatic rings. The first-order valence-electron chi connectivity index (χ1n) is 3.77. The standard InChI is InChI=1S/C7H12S2.HO2P/c1-3-6-5-8-9-7(6)4-2;1-3-2/h5,7H,3-4H2,1-2H3;(H,1,2). The van der Waals surface area contributed by atoms with Gasteiger partial charge in [-0.2, -0.15) is 0 Å². The van der Waals surface area contributed by atoms with E-state index in [1.807, 2.05) is 21.6 Å². The van der Waals surface area contributed by atoms with Crippen molar-refractivity contribution >= 4 is 30.3 Å². The van der Waals surface area contributed by atoms with Crippen LogP contribution in [0.4, 0.5) is 0 Å². The first-order valence-corrected chi connectivity index (χ1v) is 6.82. The molecule has 1 rings (SSSR count). The first-order chi connectivity index (χ1) is 5.79. The summed E-state index contributed by atoms with van der Waals surface area (Å²) in [5, 5.41) is 3.12. The van der Waals surface area contributed by atoms with Crippen LogP contribution in [-0.2, 0) is 4.57 Å². The van der Waals surface area contributed by atoms with Gasteiger partial charge in [0.2, 0.25) is 0 Å². The Morgan fingerprint density at radius 3 is 2.58 bits per heavy atom. The molecule has 0 spiro atoms. The zero-order valence-corrected chi connectivity index (χ0v) is 9.72. The molecule has 0 aromatic heterocycles. The normalized spacial score (nSPS) is 21.6. The van der Waals surface area contributed by atoms with E-state index in [1.165, 1.54) is 12.8 Å². The van der Waals surface area contributed by atoms with Gasteiger partial charge in [0.15, 0.2) is 0 Å². The molecule has 1 aliphatic heterocycles. The molecule has 12 heavy (non-hydrogen) atoms. The average molecular weight is 224 g/mol. The molecule has 70 valence electrons. The molecule has 2 nitrogen and oxygen atoms in total. The topological polar surface area (TPSA) is 37.3 Å². The lowest BCUT2D eigenvalue weighted by atomic mass is 10.1. The van der Waals surface area contributed by atoms with Gasteiger partial charge in [0.25, 0.3) is 0 Å². The van der Waals surface area contributed by atoms with Gasteiger partial charge in [-0.15, -0.1) is 0 Å². The Balaban J connectivity index is 0.000000354. The number of hydrogen-bond acceptors (Lipinski definition) is 3. The molecule has 1 N–H and O–H groups in total. The molecule has 0 saturated heterocycles. The van der Waals surface area contributed by atoms with Crippen molar-refractivity contribution in [2.45, 2.75) is 31.9 Å². The fraction of sp³-hybridized carbons (Fsp3) is 0.714. The second kappa shape index (κ2) is 8.11. The summed E-state index contributed by atoms with van der Waals surface area (Å²) in [5.41, 5.74) is 1.63. The average Bonchev–Trinajstić information content (AvgIpc) is 2.52. The maximum Gasteiger partial charge on any atom is 0.324 e. The van der Waals surface area contributed by atoms with Crippen LogP contribution < -0.4 is 0 Å². The van der Waals surface area contributed by atoms with Gasteiger partial charge in [0, 0.05) is 5.25 Å². The van der Waals surface area contributed by atoms with Crippen LogP contribution in [0, 0.1) is 0 Å². The SMILES string of the molecule is CCC1=CSSC1CC.O=PO. The molecule has 0 aromatic carbocycles. The highest BCUT2D eigenvalue weighted by molar-refractivity contribution is 8.78. The Labute approximate surface area is 82.9 Å². The van der Waals surface area contributed by atoms with Crippen LogP contribution in [0.2, 0.25) is 0 Å². The molecule has 5 heteroatoms. The van der Waals surface area contributed by atoms with Gasteiger partial charge in [-0.1, -0.05) is 35.4 Å². The van der Waals surface area contributed by atoms with Crippen molar-refractivity contribution in [2.75, 3.05) is 0 Å². The van der Waals surface area contributed by atoms with Gasteiger partial charge in [-0.3, -0.25) is 0 Å². The number of rotatable bonds is 2. The second-order valence-electron chi connectivity index (χ2n) is 2.22. The van der Waals surface area contributed by atoms with Crippen LogP contribution in [0.25, 0.3) is 0 Å². The van der Waals surface area contributed by atoms with Crippen molar-refractivity contribution in [3.05, 3.63) is 11.0 Å². The smallest absolute Gasteiger partial charge is 0.310 e. The molecule has 1 atom stereocenters. The van der Waals surface area contributed by atoms with E-state index >= 15 is 0 Å². The van der Waals surface area contributed by atoms with Crippen molar-refractivity contribution in [1.82, 2.24) is 0 Å². The van der Waals surface area contributed by atoms with Crippen molar-refractivity contribution in [2.24, 2.45) is 0 Å². The van der Waals surface area contributed by atoms with E-state index in [0.717, 1.165) is 5.25 Å². The first kappa shape index (κ1) is 12.5. The molecule has 0 saturated carbocycles. The van der Waals surface area contributed by atoms with Gasteiger partial charge >= 0.3 is 8.69 Å². The van der Waals surface area contributed by atoms with Crippen molar-refractivity contribution in [1.29, 1.82) is 0 Å². The fourth-order valence-corrected chi connectivity index (χ4v) is 3.88. The van der Waals surface area contributed by atoms with Crippen molar-refractivity contribution < 1.29 is 9.46 Å². The molecule has 0 aliphatic carbocycles. The molecule has 0 bridgehead atoms. The summed E-state index contributed by atoms with van der Waals surface area (Å²) < 4.78 is 8.46. The summed E-state index contributed by atoms with van der Waals surface area (Å²) in [6.45, 7) is 4.49. The van der Waals surface area contributed by atoms with Gasteiger partial charge in [-0.25, -0.2) is 4.57 Å². The van der Waals surface area contributed by atoms with Crippen LogP contribution in [0.5, 0.6) is 0 Å². The van der Waals surface area contributed by atoms with E-state index < -0.39 is 8.69 Å². The lowest BCUT2D eigenvalue weighted by molar-refractivity contribution is 0.524. The molecular weight excluding hydrogens is 211 g/mol. The molecule has 0 radical (unpaired) electrons. The van der Waals surface area contributed by atoms with E-state index in [-0.39, 0.29) is 0 Å². The van der Waals surface area contributed by atoms with E-state index in [9.17, 15) is 0 Å². The Morgan fingerprint density at radius 1 is 1.67 bits per heavy atom. The van der Waals surface area contributed by atoms with Crippen LogP contribution in [0.1, 0.15) is 26.7 Å². The third-order valence-electron chi connectivity index (χ3n) is 1.56. The predicted octanol–water partition coefficient (Wildman–Crippen LogP) is 3.64. The largest absolute Gasteiger partial charge is 0.324 e. The van der Waals surface area contributed by atoms with Gasteiger partial charge in [0.1, 0.15) is 0 Å². The summed E-state index contributed by atoms with van der Waals surface area (Å²) in [6.07, 6.45) is 2.52. The predicted molar refractivity (Wildman–Crippen MR) is 57.5 cm³/mol. The third-order valence-corrected chi connectivity index (χ3v) is 4.26. The summed E-state index contributed by atoms with van der Waals surface area (Å²) in [5.74, 6) is 0. The summed E-state index contributed by atoms with van der Waals surface area (Å²) in [6, 6.07) is 0. The van der Waals surface area contributed by atoms with Crippen LogP contribution in [0.15, 0.2) is 11.0 Å². The van der Waals surface area contributed by atoms with Crippen molar-refractivity contribution in [3.8, 4) is 0 Å². The summed E-state index contributed by atoms with van der Waals surface area (Å²) in [7, 11) is 3.06. The maximum atomic E-state index is 8.46. The van der Waals surface area contributed by atoms with Gasteiger partial charge in [0.05, 0.1) is 0 Å². The van der Waals surface area contributed by atoms with E-state index in [1.54, 1.807) is 5.57 Å². The minimum Gasteiger partial charge on any atom is -0.310 e. The van der Waals surface area contributed by atoms with Crippen molar-refractivity contribution in [3.63, 3.8) is 0 Å². The molecular formula is C7H13O2PS2. The molecule has 1 unspecified atom stereocenters. The molecule has 1 aliphatic rings. The van der Waals surface area contributed by atoms with Gasteiger partial charge in [-0.05, 0) is 23.8 Å². The van der Waals surface area contributed by atoms with Crippen LogP contribution >= 0.6 is 30.3 Å². The minimum atomic E-state index is -0.833. The zero-order chi connectivity index (χ0) is 9.40. The van der Waals surface area contributed by atoms with Crippen LogP contribution in [0.3, 0.4) is 0 Å². The Morgan fingerprint density at radius 2 is 2.25 bits per heavy atom. The number of hydrogen-bond donors (Lipinski definition) is 1. The highest BCUT2D eigenvalue weighted by Gasteiger charge is 2.16.